The normalized spacial score (nSPS) is 10.8. The van der Waals surface area contributed by atoms with Crippen LogP contribution < -0.4 is 16.0 Å². The summed E-state index contributed by atoms with van der Waals surface area (Å²) in [5, 5.41) is 8.51. The molecule has 6 heteroatoms. The Morgan fingerprint density at radius 3 is 1.72 bits per heavy atom. The highest BCUT2D eigenvalue weighted by Gasteiger charge is 2.06. The number of urea groups is 1. The van der Waals surface area contributed by atoms with E-state index >= 15 is 0 Å². The molecule has 0 radical (unpaired) electrons. The number of Topliss-reactive ketones (excluding diaryl/α,β-unsaturated/α-hetero) is 1. The molecular weight excluding hydrogens is 318 g/mol. The SMILES string of the molecule is CC(C)NC(=O)CCCCCNC(=O)NCCCCCC(=O)C(C)C. The Hall–Kier alpha value is -1.59. The highest BCUT2D eigenvalue weighted by Crippen LogP contribution is 2.05. The topological polar surface area (TPSA) is 87.3 Å². The standard InChI is InChI=1S/C19H37N3O3/c1-15(2)17(23)11-7-5-9-13-20-19(25)21-14-10-6-8-12-18(24)22-16(3)4/h15-16H,5-14H2,1-4H3,(H,22,24)(H2,20,21,25). The lowest BCUT2D eigenvalue weighted by Gasteiger charge is -2.09. The van der Waals surface area contributed by atoms with Gasteiger partial charge in [0.1, 0.15) is 5.78 Å². The van der Waals surface area contributed by atoms with Crippen LogP contribution in [0.1, 0.15) is 79.1 Å². The van der Waals surface area contributed by atoms with E-state index in [1.807, 2.05) is 27.7 Å². The molecule has 0 fully saturated rings. The average molecular weight is 356 g/mol. The molecule has 6 nitrogen and oxygen atoms in total. The fraction of sp³-hybridized carbons (Fsp3) is 0.842. The van der Waals surface area contributed by atoms with E-state index in [1.54, 1.807) is 0 Å². The van der Waals surface area contributed by atoms with Crippen LogP contribution in [0.25, 0.3) is 0 Å². The van der Waals surface area contributed by atoms with Gasteiger partial charge in [-0.15, -0.1) is 0 Å². The summed E-state index contributed by atoms with van der Waals surface area (Å²) < 4.78 is 0. The number of rotatable bonds is 14. The number of hydrogen-bond acceptors (Lipinski definition) is 3. The van der Waals surface area contributed by atoms with Gasteiger partial charge in [0.05, 0.1) is 0 Å². The van der Waals surface area contributed by atoms with Crippen molar-refractivity contribution in [3.05, 3.63) is 0 Å². The minimum absolute atomic E-state index is 0.0933. The lowest BCUT2D eigenvalue weighted by atomic mass is 10.0. The van der Waals surface area contributed by atoms with E-state index in [4.69, 9.17) is 0 Å². The molecule has 3 N–H and O–H groups in total. The molecule has 0 aliphatic rings. The average Bonchev–Trinajstić information content (AvgIpc) is 2.52. The van der Waals surface area contributed by atoms with Crippen LogP contribution in [0.3, 0.4) is 0 Å². The van der Waals surface area contributed by atoms with Gasteiger partial charge in [0.15, 0.2) is 0 Å². The second kappa shape index (κ2) is 14.7. The van der Waals surface area contributed by atoms with Gasteiger partial charge < -0.3 is 16.0 Å². The number of unbranched alkanes of at least 4 members (excludes halogenated alkanes) is 4. The maximum absolute atomic E-state index is 11.6. The van der Waals surface area contributed by atoms with E-state index in [2.05, 4.69) is 16.0 Å². The Bertz CT molecular complexity index is 395. The summed E-state index contributed by atoms with van der Waals surface area (Å²) >= 11 is 0. The Balaban J connectivity index is 3.39. The number of hydrogen-bond donors (Lipinski definition) is 3. The van der Waals surface area contributed by atoms with Gasteiger partial charge in [-0.05, 0) is 39.5 Å². The smallest absolute Gasteiger partial charge is 0.314 e. The highest BCUT2D eigenvalue weighted by molar-refractivity contribution is 5.80. The molecule has 3 amide bonds. The molecule has 0 unspecified atom stereocenters. The highest BCUT2D eigenvalue weighted by atomic mass is 16.2. The molecule has 146 valence electrons. The van der Waals surface area contributed by atoms with E-state index in [9.17, 15) is 14.4 Å². The third-order valence-corrected chi connectivity index (χ3v) is 3.85. The molecule has 0 aromatic rings. The zero-order valence-electron chi connectivity index (χ0n) is 16.5. The first-order valence-corrected chi connectivity index (χ1v) is 9.66. The molecule has 0 rings (SSSR count). The van der Waals surface area contributed by atoms with Gasteiger partial charge in [-0.3, -0.25) is 9.59 Å². The fourth-order valence-corrected chi connectivity index (χ4v) is 2.34. The Labute approximate surface area is 152 Å². The van der Waals surface area contributed by atoms with Crippen LogP contribution in [-0.4, -0.2) is 36.9 Å². The lowest BCUT2D eigenvalue weighted by Crippen LogP contribution is -2.36. The summed E-state index contributed by atoms with van der Waals surface area (Å²) in [6.45, 7) is 9.01. The monoisotopic (exact) mass is 355 g/mol. The molecule has 0 bridgehead atoms. The quantitative estimate of drug-likeness (QED) is 0.418. The van der Waals surface area contributed by atoms with Gasteiger partial charge in [-0.25, -0.2) is 4.79 Å². The minimum Gasteiger partial charge on any atom is -0.354 e. The fourth-order valence-electron chi connectivity index (χ4n) is 2.34. The number of amides is 3. The summed E-state index contributed by atoms with van der Waals surface area (Å²) in [7, 11) is 0. The van der Waals surface area contributed by atoms with E-state index in [0.29, 0.717) is 31.7 Å². The van der Waals surface area contributed by atoms with Gasteiger partial charge in [0.25, 0.3) is 0 Å². The van der Waals surface area contributed by atoms with E-state index in [1.165, 1.54) is 0 Å². The van der Waals surface area contributed by atoms with Gasteiger partial charge in [0, 0.05) is 37.9 Å². The molecule has 0 atom stereocenters. The van der Waals surface area contributed by atoms with E-state index in [-0.39, 0.29) is 23.9 Å². The van der Waals surface area contributed by atoms with Crippen molar-refractivity contribution in [1.29, 1.82) is 0 Å². The molecule has 0 heterocycles. The summed E-state index contributed by atoms with van der Waals surface area (Å²) in [5.41, 5.74) is 0. The predicted molar refractivity (Wildman–Crippen MR) is 101 cm³/mol. The summed E-state index contributed by atoms with van der Waals surface area (Å²) in [6, 6.07) is 0.0457. The van der Waals surface area contributed by atoms with Crippen LogP contribution in [0.15, 0.2) is 0 Å². The third kappa shape index (κ3) is 15.7. The van der Waals surface area contributed by atoms with Crippen molar-refractivity contribution in [3.63, 3.8) is 0 Å². The van der Waals surface area contributed by atoms with Crippen molar-refractivity contribution < 1.29 is 14.4 Å². The molecule has 0 saturated heterocycles. The zero-order chi connectivity index (χ0) is 19.1. The first-order valence-electron chi connectivity index (χ1n) is 9.66. The number of carbonyl (C=O) groups is 3. The Morgan fingerprint density at radius 1 is 0.720 bits per heavy atom. The first-order chi connectivity index (χ1) is 11.8. The molecular formula is C19H37N3O3. The lowest BCUT2D eigenvalue weighted by molar-refractivity contribution is -0.122. The number of ketones is 1. The molecule has 0 aliphatic heterocycles. The van der Waals surface area contributed by atoms with Gasteiger partial charge in [-0.2, -0.15) is 0 Å². The summed E-state index contributed by atoms with van der Waals surface area (Å²) in [5.74, 6) is 0.525. The van der Waals surface area contributed by atoms with Crippen LogP contribution in [-0.2, 0) is 9.59 Å². The van der Waals surface area contributed by atoms with Crippen molar-refractivity contribution in [3.8, 4) is 0 Å². The second-order valence-electron chi connectivity index (χ2n) is 7.15. The van der Waals surface area contributed by atoms with Gasteiger partial charge in [-0.1, -0.05) is 26.7 Å². The van der Waals surface area contributed by atoms with Crippen molar-refractivity contribution in [2.75, 3.05) is 13.1 Å². The minimum atomic E-state index is -0.143. The van der Waals surface area contributed by atoms with E-state index < -0.39 is 0 Å². The third-order valence-electron chi connectivity index (χ3n) is 3.85. The Kier molecular flexibility index (Phi) is 13.8. The summed E-state index contributed by atoms with van der Waals surface area (Å²) in [4.78, 5) is 34.5. The van der Waals surface area contributed by atoms with Gasteiger partial charge in [0.2, 0.25) is 5.91 Å². The zero-order valence-corrected chi connectivity index (χ0v) is 16.5. The maximum atomic E-state index is 11.6. The van der Waals surface area contributed by atoms with Crippen LogP contribution in [0, 0.1) is 5.92 Å². The number of carbonyl (C=O) groups excluding carboxylic acids is 3. The van der Waals surface area contributed by atoms with Gasteiger partial charge >= 0.3 is 6.03 Å². The molecule has 25 heavy (non-hydrogen) atoms. The van der Waals surface area contributed by atoms with Crippen LogP contribution in [0.4, 0.5) is 4.79 Å². The molecule has 0 aromatic carbocycles. The second-order valence-corrected chi connectivity index (χ2v) is 7.15. The van der Waals surface area contributed by atoms with Crippen molar-refractivity contribution in [2.24, 2.45) is 5.92 Å². The van der Waals surface area contributed by atoms with Crippen molar-refractivity contribution >= 4 is 17.7 Å². The first kappa shape index (κ1) is 23.4. The van der Waals surface area contributed by atoms with Crippen LogP contribution in [0.2, 0.25) is 0 Å². The summed E-state index contributed by atoms with van der Waals surface area (Å²) in [6.07, 6.45) is 6.57. The predicted octanol–water partition coefficient (Wildman–Crippen LogP) is 3.16. The van der Waals surface area contributed by atoms with Crippen molar-refractivity contribution in [2.45, 2.75) is 85.1 Å². The van der Waals surface area contributed by atoms with Crippen molar-refractivity contribution in [1.82, 2.24) is 16.0 Å². The molecule has 0 aliphatic carbocycles. The molecule has 0 saturated carbocycles. The van der Waals surface area contributed by atoms with Crippen LogP contribution in [0.5, 0.6) is 0 Å². The molecule has 0 spiro atoms. The Morgan fingerprint density at radius 2 is 1.24 bits per heavy atom. The van der Waals surface area contributed by atoms with Crippen LogP contribution >= 0.6 is 0 Å². The molecule has 0 aromatic heterocycles. The van der Waals surface area contributed by atoms with E-state index in [0.717, 1.165) is 38.5 Å². The maximum Gasteiger partial charge on any atom is 0.314 e. The largest absolute Gasteiger partial charge is 0.354 e. The number of nitrogens with one attached hydrogen (secondary N) is 3.